The topological polar surface area (TPSA) is 138 Å². The molecule has 0 radical (unpaired) electrons. The lowest BCUT2D eigenvalue weighted by Crippen LogP contribution is -2.16. The van der Waals surface area contributed by atoms with Crippen LogP contribution in [0.5, 0.6) is 0 Å². The normalized spacial score (nSPS) is 11.5. The number of carboxylic acid groups (broad SMARTS) is 1. The minimum Gasteiger partial charge on any atom is -0.476 e. The number of nitrogens with one attached hydrogen (secondary N) is 2. The van der Waals surface area contributed by atoms with Crippen molar-refractivity contribution in [2.45, 2.75) is 18.7 Å². The molecular formula is C8H9N5O4S2. The van der Waals surface area contributed by atoms with E-state index in [2.05, 4.69) is 24.3 Å². The molecule has 9 nitrogen and oxygen atoms in total. The van der Waals surface area contributed by atoms with Crippen LogP contribution in [0, 0.1) is 13.8 Å². The van der Waals surface area contributed by atoms with Crippen LogP contribution in [0.15, 0.2) is 4.90 Å². The molecule has 0 aliphatic carbocycles. The molecule has 102 valence electrons. The Hall–Kier alpha value is -2.01. The summed E-state index contributed by atoms with van der Waals surface area (Å²) in [7, 11) is -4.08. The van der Waals surface area contributed by atoms with E-state index in [1.165, 1.54) is 6.92 Å². The maximum Gasteiger partial charge on any atom is 0.357 e. The second kappa shape index (κ2) is 4.59. The molecule has 0 spiro atoms. The first kappa shape index (κ1) is 13.4. The number of nitrogens with zero attached hydrogens (tertiary/aromatic N) is 3. The number of rotatable bonds is 4. The van der Waals surface area contributed by atoms with Crippen LogP contribution in [0.2, 0.25) is 0 Å². The molecule has 0 aliphatic heterocycles. The number of aromatic carboxylic acids is 1. The zero-order valence-corrected chi connectivity index (χ0v) is 11.5. The first-order valence-electron chi connectivity index (χ1n) is 4.92. The van der Waals surface area contributed by atoms with Gasteiger partial charge in [-0.05, 0) is 13.8 Å². The Bertz CT molecular complexity index is 732. The maximum atomic E-state index is 12.1. The molecule has 0 fully saturated rings. The van der Waals surface area contributed by atoms with Crippen molar-refractivity contribution >= 4 is 32.7 Å². The average molecular weight is 303 g/mol. The van der Waals surface area contributed by atoms with Crippen LogP contribution in [0.25, 0.3) is 0 Å². The molecule has 0 atom stereocenters. The number of aromatic amines is 1. The van der Waals surface area contributed by atoms with Gasteiger partial charge in [-0.25, -0.2) is 18.2 Å². The molecule has 11 heteroatoms. The predicted molar refractivity (Wildman–Crippen MR) is 65.7 cm³/mol. The Labute approximate surface area is 111 Å². The number of aryl methyl sites for hydroxylation is 2. The highest BCUT2D eigenvalue weighted by molar-refractivity contribution is 7.93. The number of sulfonamides is 1. The van der Waals surface area contributed by atoms with E-state index in [-0.39, 0.29) is 10.8 Å². The molecule has 0 saturated heterocycles. The van der Waals surface area contributed by atoms with Gasteiger partial charge in [0.1, 0.15) is 10.7 Å². The quantitative estimate of drug-likeness (QED) is 0.742. The standard InChI is InChI=1S/C8H9N5O4S2/c1-3-6(5(7(14)15)11-10-3)19(16,17)13-8-9-4(2)12-18-8/h1-2H3,(H,10,11)(H,14,15)(H,9,12,13). The number of carboxylic acids is 1. The van der Waals surface area contributed by atoms with Crippen molar-refractivity contribution in [2.75, 3.05) is 4.72 Å². The van der Waals surface area contributed by atoms with E-state index in [4.69, 9.17) is 5.11 Å². The van der Waals surface area contributed by atoms with Crippen molar-refractivity contribution in [1.82, 2.24) is 19.6 Å². The average Bonchev–Trinajstić information content (AvgIpc) is 2.84. The van der Waals surface area contributed by atoms with Crippen molar-refractivity contribution in [2.24, 2.45) is 0 Å². The van der Waals surface area contributed by atoms with Crippen molar-refractivity contribution in [3.05, 3.63) is 17.2 Å². The van der Waals surface area contributed by atoms with Gasteiger partial charge in [0, 0.05) is 11.5 Å². The van der Waals surface area contributed by atoms with E-state index >= 15 is 0 Å². The minimum absolute atomic E-state index is 0.0643. The van der Waals surface area contributed by atoms with Crippen molar-refractivity contribution in [3.63, 3.8) is 0 Å². The summed E-state index contributed by atoms with van der Waals surface area (Å²) in [4.78, 5) is 14.4. The summed E-state index contributed by atoms with van der Waals surface area (Å²) in [6, 6.07) is 0. The lowest BCUT2D eigenvalue weighted by atomic mass is 10.4. The highest BCUT2D eigenvalue weighted by Crippen LogP contribution is 2.22. The Morgan fingerprint density at radius 3 is 2.63 bits per heavy atom. The van der Waals surface area contributed by atoms with E-state index in [1.54, 1.807) is 6.92 Å². The zero-order valence-electron chi connectivity index (χ0n) is 9.83. The van der Waals surface area contributed by atoms with E-state index in [1.807, 2.05) is 0 Å². The maximum absolute atomic E-state index is 12.1. The number of H-pyrrole nitrogens is 1. The molecule has 0 aliphatic rings. The van der Waals surface area contributed by atoms with Gasteiger partial charge in [0.25, 0.3) is 10.0 Å². The lowest BCUT2D eigenvalue weighted by Gasteiger charge is -2.04. The first-order chi connectivity index (χ1) is 8.81. The molecule has 0 saturated carbocycles. The van der Waals surface area contributed by atoms with E-state index in [9.17, 15) is 13.2 Å². The Balaban J connectivity index is 2.45. The van der Waals surface area contributed by atoms with Crippen LogP contribution < -0.4 is 4.72 Å². The molecule has 0 amide bonds. The van der Waals surface area contributed by atoms with E-state index < -0.39 is 26.6 Å². The van der Waals surface area contributed by atoms with Gasteiger partial charge in [0.2, 0.25) is 5.13 Å². The van der Waals surface area contributed by atoms with Crippen LogP contribution >= 0.6 is 11.5 Å². The first-order valence-corrected chi connectivity index (χ1v) is 7.18. The number of hydrogen-bond acceptors (Lipinski definition) is 7. The van der Waals surface area contributed by atoms with Gasteiger partial charge < -0.3 is 5.11 Å². The Morgan fingerprint density at radius 1 is 1.42 bits per heavy atom. The highest BCUT2D eigenvalue weighted by Gasteiger charge is 2.29. The molecule has 0 unspecified atom stereocenters. The van der Waals surface area contributed by atoms with Gasteiger partial charge >= 0.3 is 5.97 Å². The third-order valence-electron chi connectivity index (χ3n) is 2.11. The van der Waals surface area contributed by atoms with Crippen molar-refractivity contribution in [3.8, 4) is 0 Å². The number of aromatic nitrogens is 4. The fourth-order valence-corrected chi connectivity index (χ4v) is 3.52. The van der Waals surface area contributed by atoms with Crippen LogP contribution in [0.3, 0.4) is 0 Å². The van der Waals surface area contributed by atoms with Gasteiger partial charge in [-0.15, -0.1) is 0 Å². The molecule has 2 rings (SSSR count). The fourth-order valence-electron chi connectivity index (χ4n) is 1.40. The molecule has 19 heavy (non-hydrogen) atoms. The SMILES string of the molecule is Cc1nsc(NS(=O)(=O)c2c(C(=O)O)n[nH]c2C)n1. The zero-order chi connectivity index (χ0) is 14.2. The van der Waals surface area contributed by atoms with Crippen LogP contribution in [0.4, 0.5) is 5.13 Å². The van der Waals surface area contributed by atoms with E-state index in [0.717, 1.165) is 11.5 Å². The molecule has 0 aromatic carbocycles. The third-order valence-corrected chi connectivity index (χ3v) is 4.46. The molecule has 2 aromatic rings. The molecule has 0 bridgehead atoms. The monoisotopic (exact) mass is 303 g/mol. The van der Waals surface area contributed by atoms with Gasteiger partial charge in [-0.3, -0.25) is 9.82 Å². The Kier molecular flexibility index (Phi) is 3.24. The predicted octanol–water partition coefficient (Wildman–Crippen LogP) is 0.377. The van der Waals surface area contributed by atoms with E-state index in [0.29, 0.717) is 5.82 Å². The lowest BCUT2D eigenvalue weighted by molar-refractivity contribution is 0.0686. The summed E-state index contributed by atoms with van der Waals surface area (Å²) in [6.45, 7) is 3.03. The summed E-state index contributed by atoms with van der Waals surface area (Å²) in [5.41, 5.74) is -0.433. The minimum atomic E-state index is -4.08. The van der Waals surface area contributed by atoms with Gasteiger partial charge in [0.15, 0.2) is 5.69 Å². The second-order valence-electron chi connectivity index (χ2n) is 3.58. The summed E-state index contributed by atoms with van der Waals surface area (Å²) in [5.74, 6) is -1.01. The van der Waals surface area contributed by atoms with Crippen LogP contribution in [0.1, 0.15) is 22.0 Å². The van der Waals surface area contributed by atoms with Crippen LogP contribution in [-0.2, 0) is 10.0 Å². The smallest absolute Gasteiger partial charge is 0.357 e. The molecule has 2 aromatic heterocycles. The van der Waals surface area contributed by atoms with Crippen molar-refractivity contribution in [1.29, 1.82) is 0 Å². The summed E-state index contributed by atoms with van der Waals surface area (Å²) in [6.07, 6.45) is 0. The third kappa shape index (κ3) is 2.56. The van der Waals surface area contributed by atoms with Gasteiger partial charge in [0.05, 0.1) is 5.69 Å². The summed E-state index contributed by atoms with van der Waals surface area (Å²) in [5, 5.41) is 14.8. The molecular weight excluding hydrogens is 294 g/mol. The van der Waals surface area contributed by atoms with Gasteiger partial charge in [-0.2, -0.15) is 9.47 Å². The molecule has 2 heterocycles. The largest absolute Gasteiger partial charge is 0.476 e. The summed E-state index contributed by atoms with van der Waals surface area (Å²) >= 11 is 0.864. The molecule has 3 N–H and O–H groups in total. The number of hydrogen-bond donors (Lipinski definition) is 3. The number of anilines is 1. The van der Waals surface area contributed by atoms with Gasteiger partial charge in [-0.1, -0.05) is 0 Å². The van der Waals surface area contributed by atoms with Crippen molar-refractivity contribution < 1.29 is 18.3 Å². The second-order valence-corrected chi connectivity index (χ2v) is 5.95. The number of carbonyl (C=O) groups is 1. The van der Waals surface area contributed by atoms with Crippen LogP contribution in [-0.4, -0.2) is 39.0 Å². The Morgan fingerprint density at radius 2 is 2.11 bits per heavy atom. The fraction of sp³-hybridized carbons (Fsp3) is 0.250. The summed E-state index contributed by atoms with van der Waals surface area (Å²) < 4.78 is 30.2. The highest BCUT2D eigenvalue weighted by atomic mass is 32.2.